The lowest BCUT2D eigenvalue weighted by atomic mass is 10.1. The molecule has 0 atom stereocenters. The zero-order valence-electron chi connectivity index (χ0n) is 7.80. The van der Waals surface area contributed by atoms with Gasteiger partial charge in [0.25, 0.3) is 0 Å². The molecule has 72 valence electrons. The molecule has 0 bridgehead atoms. The molecule has 0 saturated heterocycles. The summed E-state index contributed by atoms with van der Waals surface area (Å²) in [7, 11) is 0. The quantitative estimate of drug-likeness (QED) is 0.702. The number of benzene rings is 1. The van der Waals surface area contributed by atoms with Crippen LogP contribution in [0.25, 0.3) is 0 Å². The number of halogens is 1. The molecule has 14 heavy (non-hydrogen) atoms. The summed E-state index contributed by atoms with van der Waals surface area (Å²) < 4.78 is 0. The van der Waals surface area contributed by atoms with Crippen molar-refractivity contribution in [2.24, 2.45) is 5.73 Å². The van der Waals surface area contributed by atoms with Crippen LogP contribution >= 0.6 is 11.6 Å². The van der Waals surface area contributed by atoms with E-state index in [0.29, 0.717) is 5.02 Å². The molecule has 1 aromatic carbocycles. The Morgan fingerprint density at radius 1 is 1.57 bits per heavy atom. The number of aryl methyl sites for hydroxylation is 1. The lowest BCUT2D eigenvalue weighted by Crippen LogP contribution is -2.08. The van der Waals surface area contributed by atoms with E-state index in [1.165, 1.54) is 0 Å². The van der Waals surface area contributed by atoms with Crippen molar-refractivity contribution in [3.63, 3.8) is 0 Å². The fraction of sp³-hybridized carbons (Fsp3) is 0.182. The van der Waals surface area contributed by atoms with Crippen molar-refractivity contribution in [3.8, 4) is 11.8 Å². The van der Waals surface area contributed by atoms with Crippen LogP contribution in [0.2, 0.25) is 5.02 Å². The van der Waals surface area contributed by atoms with Crippen LogP contribution in [0.1, 0.15) is 17.5 Å². The highest BCUT2D eigenvalue weighted by Gasteiger charge is 1.94. The second kappa shape index (κ2) is 4.69. The zero-order valence-corrected chi connectivity index (χ0v) is 8.56. The molecule has 0 radical (unpaired) electrons. The van der Waals surface area contributed by atoms with E-state index < -0.39 is 5.91 Å². The number of carbonyl (C=O) groups excluding carboxylic acids is 1. The first kappa shape index (κ1) is 10.6. The number of rotatable bonds is 1. The van der Waals surface area contributed by atoms with E-state index in [9.17, 15) is 4.79 Å². The summed E-state index contributed by atoms with van der Waals surface area (Å²) in [6, 6.07) is 5.46. The summed E-state index contributed by atoms with van der Waals surface area (Å²) in [4.78, 5) is 10.4. The Balaban J connectivity index is 2.81. The van der Waals surface area contributed by atoms with E-state index in [-0.39, 0.29) is 6.42 Å². The second-order valence-electron chi connectivity index (χ2n) is 2.91. The Labute approximate surface area is 88.1 Å². The Hall–Kier alpha value is -1.46. The molecule has 0 aliphatic heterocycles. The van der Waals surface area contributed by atoms with E-state index in [4.69, 9.17) is 17.3 Å². The summed E-state index contributed by atoms with van der Waals surface area (Å²) in [5.41, 5.74) is 6.76. The van der Waals surface area contributed by atoms with E-state index in [1.54, 1.807) is 6.07 Å². The molecule has 0 spiro atoms. The topological polar surface area (TPSA) is 43.1 Å². The highest BCUT2D eigenvalue weighted by molar-refractivity contribution is 6.31. The minimum Gasteiger partial charge on any atom is -0.369 e. The summed E-state index contributed by atoms with van der Waals surface area (Å²) in [5.74, 6) is 5.10. The fourth-order valence-corrected chi connectivity index (χ4v) is 1.07. The van der Waals surface area contributed by atoms with Gasteiger partial charge in [0.05, 0.1) is 6.42 Å². The Bertz CT molecular complexity index is 415. The number of amides is 1. The number of nitrogens with two attached hydrogens (primary N) is 1. The molecule has 0 saturated carbocycles. The molecule has 0 unspecified atom stereocenters. The summed E-state index contributed by atoms with van der Waals surface area (Å²) in [6.07, 6.45) is 0.0850. The smallest absolute Gasteiger partial charge is 0.229 e. The van der Waals surface area contributed by atoms with Crippen LogP contribution in [-0.4, -0.2) is 5.91 Å². The molecule has 0 fully saturated rings. The third kappa shape index (κ3) is 3.12. The van der Waals surface area contributed by atoms with Gasteiger partial charge in [-0.1, -0.05) is 23.4 Å². The largest absolute Gasteiger partial charge is 0.369 e. The van der Waals surface area contributed by atoms with Gasteiger partial charge in [-0.05, 0) is 30.7 Å². The maximum atomic E-state index is 10.4. The molecular formula is C11H10ClNO. The predicted octanol–water partition coefficient (Wildman–Crippen LogP) is 1.88. The van der Waals surface area contributed by atoms with Crippen LogP contribution in [0.4, 0.5) is 0 Å². The molecule has 0 heterocycles. The van der Waals surface area contributed by atoms with Crippen molar-refractivity contribution in [2.45, 2.75) is 13.3 Å². The SMILES string of the molecule is Cc1cc(C#CCC(N)=O)ccc1Cl. The molecule has 3 heteroatoms. The normalized spacial score (nSPS) is 9.00. The van der Waals surface area contributed by atoms with Crippen LogP contribution in [0.3, 0.4) is 0 Å². The summed E-state index contributed by atoms with van der Waals surface area (Å²) >= 11 is 5.84. The molecule has 2 N–H and O–H groups in total. The first-order chi connectivity index (χ1) is 6.59. The molecule has 0 aliphatic rings. The van der Waals surface area contributed by atoms with Crippen molar-refractivity contribution >= 4 is 17.5 Å². The number of primary amides is 1. The average Bonchev–Trinajstić information content (AvgIpc) is 2.10. The first-order valence-corrected chi connectivity index (χ1v) is 4.50. The van der Waals surface area contributed by atoms with Crippen molar-refractivity contribution < 1.29 is 4.79 Å². The second-order valence-corrected chi connectivity index (χ2v) is 3.32. The summed E-state index contributed by atoms with van der Waals surface area (Å²) in [6.45, 7) is 1.90. The number of carbonyl (C=O) groups is 1. The molecule has 2 nitrogen and oxygen atoms in total. The van der Waals surface area contributed by atoms with Gasteiger partial charge in [0, 0.05) is 10.6 Å². The minimum atomic E-state index is -0.414. The monoisotopic (exact) mass is 207 g/mol. The fourth-order valence-electron chi connectivity index (χ4n) is 0.956. The highest BCUT2D eigenvalue weighted by atomic mass is 35.5. The first-order valence-electron chi connectivity index (χ1n) is 4.13. The van der Waals surface area contributed by atoms with E-state index in [1.807, 2.05) is 19.1 Å². The van der Waals surface area contributed by atoms with Crippen LogP contribution in [0, 0.1) is 18.8 Å². The van der Waals surface area contributed by atoms with Crippen LogP contribution in [0.15, 0.2) is 18.2 Å². The van der Waals surface area contributed by atoms with Gasteiger partial charge in [-0.2, -0.15) is 0 Å². The van der Waals surface area contributed by atoms with Gasteiger partial charge in [0.2, 0.25) is 5.91 Å². The van der Waals surface area contributed by atoms with Crippen molar-refractivity contribution in [2.75, 3.05) is 0 Å². The van der Waals surface area contributed by atoms with E-state index >= 15 is 0 Å². The lowest BCUT2D eigenvalue weighted by molar-refractivity contribution is -0.117. The third-order valence-corrected chi connectivity index (χ3v) is 2.08. The van der Waals surface area contributed by atoms with Gasteiger partial charge >= 0.3 is 0 Å². The molecule has 0 aromatic heterocycles. The predicted molar refractivity (Wildman–Crippen MR) is 56.9 cm³/mol. The van der Waals surface area contributed by atoms with Gasteiger partial charge in [-0.3, -0.25) is 4.79 Å². The van der Waals surface area contributed by atoms with Crippen molar-refractivity contribution in [1.29, 1.82) is 0 Å². The van der Waals surface area contributed by atoms with Gasteiger partial charge in [0.1, 0.15) is 0 Å². The molecule has 1 aromatic rings. The average molecular weight is 208 g/mol. The lowest BCUT2D eigenvalue weighted by Gasteiger charge is -1.96. The maximum absolute atomic E-state index is 10.4. The highest BCUT2D eigenvalue weighted by Crippen LogP contribution is 2.15. The van der Waals surface area contributed by atoms with Crippen LogP contribution in [0.5, 0.6) is 0 Å². The van der Waals surface area contributed by atoms with E-state index in [0.717, 1.165) is 11.1 Å². The Morgan fingerprint density at radius 2 is 2.29 bits per heavy atom. The van der Waals surface area contributed by atoms with Crippen LogP contribution < -0.4 is 5.73 Å². The summed E-state index contributed by atoms with van der Waals surface area (Å²) in [5, 5.41) is 0.713. The van der Waals surface area contributed by atoms with Crippen LogP contribution in [-0.2, 0) is 4.79 Å². The zero-order chi connectivity index (χ0) is 10.6. The standard InChI is InChI=1S/C11H10ClNO/c1-8-7-9(5-6-10(8)12)3-2-4-11(13)14/h5-7H,4H2,1H3,(H2,13,14). The van der Waals surface area contributed by atoms with Gasteiger partial charge in [-0.15, -0.1) is 0 Å². The number of hydrogen-bond acceptors (Lipinski definition) is 1. The number of hydrogen-bond donors (Lipinski definition) is 1. The molecule has 1 rings (SSSR count). The molecule has 0 aliphatic carbocycles. The minimum absolute atomic E-state index is 0.0850. The molecular weight excluding hydrogens is 198 g/mol. The third-order valence-electron chi connectivity index (χ3n) is 1.65. The van der Waals surface area contributed by atoms with Crippen molar-refractivity contribution in [1.82, 2.24) is 0 Å². The Morgan fingerprint density at radius 3 is 2.86 bits per heavy atom. The maximum Gasteiger partial charge on any atom is 0.229 e. The van der Waals surface area contributed by atoms with Gasteiger partial charge in [-0.25, -0.2) is 0 Å². The molecule has 1 amide bonds. The van der Waals surface area contributed by atoms with Gasteiger partial charge < -0.3 is 5.73 Å². The van der Waals surface area contributed by atoms with Crippen molar-refractivity contribution in [3.05, 3.63) is 34.3 Å². The van der Waals surface area contributed by atoms with Gasteiger partial charge in [0.15, 0.2) is 0 Å². The van der Waals surface area contributed by atoms with E-state index in [2.05, 4.69) is 11.8 Å². The Kier molecular flexibility index (Phi) is 3.55.